The van der Waals surface area contributed by atoms with E-state index in [1.54, 1.807) is 6.07 Å². The summed E-state index contributed by atoms with van der Waals surface area (Å²) in [6.07, 6.45) is -0.749. The minimum atomic E-state index is -0.749. The molecule has 1 nitrogen and oxygen atoms in total. The summed E-state index contributed by atoms with van der Waals surface area (Å²) in [4.78, 5) is 0.729. The summed E-state index contributed by atoms with van der Waals surface area (Å²) in [6.45, 7) is 1.96. The lowest BCUT2D eigenvalue weighted by atomic mass is 10.1. The molecule has 2 rings (SSSR count). The van der Waals surface area contributed by atoms with Crippen molar-refractivity contribution < 1.29 is 5.11 Å². The van der Waals surface area contributed by atoms with Crippen molar-refractivity contribution in [3.8, 4) is 0 Å². The van der Waals surface area contributed by atoms with Crippen LogP contribution >= 0.6 is 34.5 Å². The minimum Gasteiger partial charge on any atom is -0.383 e. The smallest absolute Gasteiger partial charge is 0.116 e. The molecule has 1 unspecified atom stereocenters. The SMILES string of the molecule is Cc1ccc(C(O)c2sccc2Cl)c(Cl)c1. The normalized spacial score (nSPS) is 12.8. The van der Waals surface area contributed by atoms with Crippen LogP contribution in [0.1, 0.15) is 22.1 Å². The monoisotopic (exact) mass is 272 g/mol. The lowest BCUT2D eigenvalue weighted by Crippen LogP contribution is -1.98. The molecule has 0 amide bonds. The van der Waals surface area contributed by atoms with Crippen LogP contribution in [0, 0.1) is 6.92 Å². The van der Waals surface area contributed by atoms with Gasteiger partial charge in [0.25, 0.3) is 0 Å². The van der Waals surface area contributed by atoms with Crippen LogP contribution < -0.4 is 0 Å². The number of rotatable bonds is 2. The summed E-state index contributed by atoms with van der Waals surface area (Å²) in [5, 5.41) is 13.2. The molecular formula is C12H10Cl2OS. The van der Waals surface area contributed by atoms with E-state index < -0.39 is 6.10 Å². The molecule has 1 atom stereocenters. The molecule has 0 saturated heterocycles. The van der Waals surface area contributed by atoms with Crippen molar-refractivity contribution in [3.05, 3.63) is 55.7 Å². The Morgan fingerprint density at radius 1 is 1.19 bits per heavy atom. The molecule has 0 aliphatic heterocycles. The second-order valence-corrected chi connectivity index (χ2v) is 5.32. The lowest BCUT2D eigenvalue weighted by molar-refractivity contribution is 0.224. The molecule has 1 N–H and O–H groups in total. The molecule has 16 heavy (non-hydrogen) atoms. The van der Waals surface area contributed by atoms with Crippen LogP contribution in [0.2, 0.25) is 10.0 Å². The molecule has 0 saturated carbocycles. The average molecular weight is 273 g/mol. The van der Waals surface area contributed by atoms with E-state index in [0.29, 0.717) is 15.6 Å². The maximum Gasteiger partial charge on any atom is 0.116 e. The van der Waals surface area contributed by atoms with Gasteiger partial charge in [-0.05, 0) is 30.0 Å². The van der Waals surface area contributed by atoms with Gasteiger partial charge in [-0.25, -0.2) is 0 Å². The van der Waals surface area contributed by atoms with E-state index in [0.717, 1.165) is 10.4 Å². The van der Waals surface area contributed by atoms with Crippen molar-refractivity contribution in [1.82, 2.24) is 0 Å². The summed E-state index contributed by atoms with van der Waals surface area (Å²) in [7, 11) is 0. The van der Waals surface area contributed by atoms with Gasteiger partial charge in [0, 0.05) is 10.6 Å². The van der Waals surface area contributed by atoms with Crippen LogP contribution in [0.5, 0.6) is 0 Å². The standard InChI is InChI=1S/C12H10Cl2OS/c1-7-2-3-8(10(14)6-7)11(15)12-9(13)4-5-16-12/h2-6,11,15H,1H3. The van der Waals surface area contributed by atoms with Gasteiger partial charge in [0.1, 0.15) is 6.10 Å². The minimum absolute atomic E-state index is 0.567. The average Bonchev–Trinajstić information content (AvgIpc) is 2.63. The van der Waals surface area contributed by atoms with Crippen LogP contribution in [0.4, 0.5) is 0 Å². The molecule has 0 bridgehead atoms. The molecule has 2 aromatic rings. The van der Waals surface area contributed by atoms with Gasteiger partial charge in [0.2, 0.25) is 0 Å². The molecular weight excluding hydrogens is 263 g/mol. The Bertz CT molecular complexity index is 507. The van der Waals surface area contributed by atoms with Gasteiger partial charge < -0.3 is 5.11 Å². The third-order valence-electron chi connectivity index (χ3n) is 2.34. The molecule has 1 heterocycles. The first-order chi connectivity index (χ1) is 7.59. The van der Waals surface area contributed by atoms with Crippen molar-refractivity contribution in [1.29, 1.82) is 0 Å². The second kappa shape index (κ2) is 4.76. The Hall–Kier alpha value is -0.540. The van der Waals surface area contributed by atoms with Crippen molar-refractivity contribution in [2.45, 2.75) is 13.0 Å². The lowest BCUT2D eigenvalue weighted by Gasteiger charge is -2.12. The first-order valence-corrected chi connectivity index (χ1v) is 6.40. The summed E-state index contributed by atoms with van der Waals surface area (Å²) in [5.41, 5.74) is 1.76. The van der Waals surface area contributed by atoms with Gasteiger partial charge >= 0.3 is 0 Å². The van der Waals surface area contributed by atoms with Crippen molar-refractivity contribution >= 4 is 34.5 Å². The summed E-state index contributed by atoms with van der Waals surface area (Å²) >= 11 is 13.5. The predicted molar refractivity (Wildman–Crippen MR) is 69.6 cm³/mol. The number of hydrogen-bond donors (Lipinski definition) is 1. The van der Waals surface area contributed by atoms with E-state index in [1.165, 1.54) is 11.3 Å². The van der Waals surface area contributed by atoms with Gasteiger partial charge in [-0.2, -0.15) is 0 Å². The molecule has 0 fully saturated rings. The summed E-state index contributed by atoms with van der Waals surface area (Å²) < 4.78 is 0. The fourth-order valence-corrected chi connectivity index (χ4v) is 3.00. The van der Waals surface area contributed by atoms with Gasteiger partial charge in [-0.1, -0.05) is 35.3 Å². The third kappa shape index (κ3) is 2.25. The number of aryl methyl sites for hydroxylation is 1. The maximum absolute atomic E-state index is 10.2. The number of thiophene rings is 1. The van der Waals surface area contributed by atoms with E-state index in [2.05, 4.69) is 0 Å². The zero-order chi connectivity index (χ0) is 11.7. The first-order valence-electron chi connectivity index (χ1n) is 4.76. The summed E-state index contributed by atoms with van der Waals surface area (Å²) in [6, 6.07) is 7.36. The predicted octanol–water partition coefficient (Wildman–Crippen LogP) is 4.45. The Morgan fingerprint density at radius 3 is 2.50 bits per heavy atom. The Balaban J connectivity index is 2.41. The highest BCUT2D eigenvalue weighted by molar-refractivity contribution is 7.10. The number of aliphatic hydroxyl groups excluding tert-OH is 1. The molecule has 1 aromatic carbocycles. The van der Waals surface area contributed by atoms with Crippen LogP contribution in [0.3, 0.4) is 0 Å². The van der Waals surface area contributed by atoms with E-state index in [9.17, 15) is 5.11 Å². The van der Waals surface area contributed by atoms with E-state index in [-0.39, 0.29) is 0 Å². The molecule has 4 heteroatoms. The van der Waals surface area contributed by atoms with Crippen LogP contribution in [-0.2, 0) is 0 Å². The Labute approximate surface area is 108 Å². The fourth-order valence-electron chi connectivity index (χ4n) is 1.50. The first kappa shape index (κ1) is 11.9. The van der Waals surface area contributed by atoms with Gasteiger partial charge in [-0.15, -0.1) is 11.3 Å². The Kier molecular flexibility index (Phi) is 3.55. The quantitative estimate of drug-likeness (QED) is 0.857. The highest BCUT2D eigenvalue weighted by Gasteiger charge is 2.17. The second-order valence-electron chi connectivity index (χ2n) is 3.56. The zero-order valence-electron chi connectivity index (χ0n) is 8.58. The van der Waals surface area contributed by atoms with Crippen molar-refractivity contribution in [2.75, 3.05) is 0 Å². The highest BCUT2D eigenvalue weighted by atomic mass is 35.5. The number of halogens is 2. The van der Waals surface area contributed by atoms with Crippen LogP contribution in [0.25, 0.3) is 0 Å². The molecule has 0 aliphatic carbocycles. The largest absolute Gasteiger partial charge is 0.383 e. The van der Waals surface area contributed by atoms with Crippen molar-refractivity contribution in [3.63, 3.8) is 0 Å². The molecule has 84 valence electrons. The van der Waals surface area contributed by atoms with Gasteiger partial charge in [0.05, 0.1) is 9.90 Å². The molecule has 0 spiro atoms. The highest BCUT2D eigenvalue weighted by Crippen LogP contribution is 2.35. The zero-order valence-corrected chi connectivity index (χ0v) is 10.9. The van der Waals surface area contributed by atoms with E-state index >= 15 is 0 Å². The van der Waals surface area contributed by atoms with Gasteiger partial charge in [0.15, 0.2) is 0 Å². The number of aliphatic hydroxyl groups is 1. The van der Waals surface area contributed by atoms with E-state index in [1.807, 2.05) is 30.5 Å². The van der Waals surface area contributed by atoms with Crippen LogP contribution in [-0.4, -0.2) is 5.11 Å². The van der Waals surface area contributed by atoms with Gasteiger partial charge in [-0.3, -0.25) is 0 Å². The fraction of sp³-hybridized carbons (Fsp3) is 0.167. The topological polar surface area (TPSA) is 20.2 Å². The molecule has 0 aliphatic rings. The van der Waals surface area contributed by atoms with E-state index in [4.69, 9.17) is 23.2 Å². The summed E-state index contributed by atoms with van der Waals surface area (Å²) in [5.74, 6) is 0. The van der Waals surface area contributed by atoms with Crippen molar-refractivity contribution in [2.24, 2.45) is 0 Å². The van der Waals surface area contributed by atoms with Crippen LogP contribution in [0.15, 0.2) is 29.6 Å². The third-order valence-corrected chi connectivity index (χ3v) is 4.08. The molecule has 1 aromatic heterocycles. The molecule has 0 radical (unpaired) electrons. The maximum atomic E-state index is 10.2. The Morgan fingerprint density at radius 2 is 1.94 bits per heavy atom. The number of benzene rings is 1. The number of hydrogen-bond acceptors (Lipinski definition) is 2.